The maximum atomic E-state index is 9.53. The van der Waals surface area contributed by atoms with E-state index in [0.717, 1.165) is 0 Å². The molecule has 11 heavy (non-hydrogen) atoms. The Morgan fingerprint density at radius 2 is 2.27 bits per heavy atom. The highest BCUT2D eigenvalue weighted by atomic mass is 16.3. The Hall–Kier alpha value is -1.00. The molecule has 0 aliphatic heterocycles. The van der Waals surface area contributed by atoms with E-state index in [-0.39, 0.29) is 0 Å². The van der Waals surface area contributed by atoms with Gasteiger partial charge < -0.3 is 5.11 Å². The molecule has 0 aromatic rings. The van der Waals surface area contributed by atoms with E-state index in [1.54, 1.807) is 19.9 Å². The van der Waals surface area contributed by atoms with Gasteiger partial charge in [0.2, 0.25) is 0 Å². The molecule has 1 heteroatoms. The lowest BCUT2D eigenvalue weighted by atomic mass is 9.82. The van der Waals surface area contributed by atoms with Gasteiger partial charge in [0.15, 0.2) is 0 Å². The van der Waals surface area contributed by atoms with Crippen LogP contribution in [0.4, 0.5) is 0 Å². The Labute approximate surface area is 68.4 Å². The molecule has 0 fully saturated rings. The Bertz CT molecular complexity index is 209. The summed E-state index contributed by atoms with van der Waals surface area (Å²) in [6, 6.07) is 0. The average molecular weight is 150 g/mol. The van der Waals surface area contributed by atoms with Gasteiger partial charge in [-0.05, 0) is 13.8 Å². The van der Waals surface area contributed by atoms with Crippen LogP contribution in [0.5, 0.6) is 0 Å². The molecule has 0 radical (unpaired) electrons. The summed E-state index contributed by atoms with van der Waals surface area (Å²) in [4.78, 5) is 0. The van der Waals surface area contributed by atoms with Crippen LogP contribution in [0.2, 0.25) is 0 Å². The molecule has 60 valence electrons. The van der Waals surface area contributed by atoms with Crippen molar-refractivity contribution in [3.05, 3.63) is 24.8 Å². The van der Waals surface area contributed by atoms with E-state index in [2.05, 4.69) is 19.1 Å². The van der Waals surface area contributed by atoms with Gasteiger partial charge in [0.25, 0.3) is 0 Å². The SMILES string of the molecule is C#C[C@](C)(C=C)[C@@H](O)C(=C)C. The van der Waals surface area contributed by atoms with E-state index in [0.29, 0.717) is 5.57 Å². The molecule has 1 N–H and O–H groups in total. The van der Waals surface area contributed by atoms with Crippen LogP contribution < -0.4 is 0 Å². The zero-order valence-electron chi connectivity index (χ0n) is 7.09. The highest BCUT2D eigenvalue weighted by Crippen LogP contribution is 2.25. The number of aliphatic hydroxyl groups excluding tert-OH is 1. The molecule has 0 saturated carbocycles. The second-order valence-corrected chi connectivity index (χ2v) is 2.88. The molecule has 0 bridgehead atoms. The Kier molecular flexibility index (Phi) is 3.10. The third kappa shape index (κ3) is 1.96. The summed E-state index contributed by atoms with van der Waals surface area (Å²) >= 11 is 0. The summed E-state index contributed by atoms with van der Waals surface area (Å²) in [5.74, 6) is 2.48. The fraction of sp³-hybridized carbons (Fsp3) is 0.400. The number of rotatable bonds is 3. The molecule has 0 aliphatic rings. The molecule has 0 heterocycles. The van der Waals surface area contributed by atoms with Crippen molar-refractivity contribution in [1.29, 1.82) is 0 Å². The van der Waals surface area contributed by atoms with Crippen LogP contribution in [0.25, 0.3) is 0 Å². The zero-order chi connectivity index (χ0) is 9.07. The highest BCUT2D eigenvalue weighted by molar-refractivity contribution is 5.22. The van der Waals surface area contributed by atoms with Crippen LogP contribution in [-0.4, -0.2) is 11.2 Å². The lowest BCUT2D eigenvalue weighted by Gasteiger charge is -2.25. The second-order valence-electron chi connectivity index (χ2n) is 2.88. The average Bonchev–Trinajstić information content (AvgIpc) is 2.01. The smallest absolute Gasteiger partial charge is 0.0942 e. The van der Waals surface area contributed by atoms with Gasteiger partial charge in [0, 0.05) is 0 Å². The maximum Gasteiger partial charge on any atom is 0.0942 e. The van der Waals surface area contributed by atoms with Crippen molar-refractivity contribution in [1.82, 2.24) is 0 Å². The van der Waals surface area contributed by atoms with Crippen LogP contribution in [-0.2, 0) is 0 Å². The Morgan fingerprint density at radius 1 is 1.82 bits per heavy atom. The van der Waals surface area contributed by atoms with E-state index >= 15 is 0 Å². The molecular formula is C10H14O. The first-order chi connectivity index (χ1) is 4.98. The van der Waals surface area contributed by atoms with Crippen LogP contribution >= 0.6 is 0 Å². The monoisotopic (exact) mass is 150 g/mol. The van der Waals surface area contributed by atoms with Gasteiger partial charge in [-0.25, -0.2) is 0 Å². The zero-order valence-corrected chi connectivity index (χ0v) is 7.09. The molecule has 1 nitrogen and oxygen atoms in total. The van der Waals surface area contributed by atoms with Crippen molar-refractivity contribution in [3.63, 3.8) is 0 Å². The lowest BCUT2D eigenvalue weighted by Crippen LogP contribution is -2.29. The third-order valence-electron chi connectivity index (χ3n) is 1.77. The van der Waals surface area contributed by atoms with Crippen LogP contribution in [0, 0.1) is 17.8 Å². The molecule has 0 saturated heterocycles. The quantitative estimate of drug-likeness (QED) is 0.480. The van der Waals surface area contributed by atoms with Gasteiger partial charge in [-0.3, -0.25) is 0 Å². The van der Waals surface area contributed by atoms with E-state index in [4.69, 9.17) is 6.42 Å². The second kappa shape index (κ2) is 3.41. The standard InChI is InChI=1S/C10H14O/c1-6-10(5,7-2)9(11)8(3)4/h1,7,9,11H,2-3H2,4-5H3/t9-,10+/m0/s1. The molecule has 0 unspecified atom stereocenters. The van der Waals surface area contributed by atoms with E-state index < -0.39 is 11.5 Å². The fourth-order valence-corrected chi connectivity index (χ4v) is 0.761. The first-order valence-electron chi connectivity index (χ1n) is 3.42. The van der Waals surface area contributed by atoms with Gasteiger partial charge in [-0.1, -0.05) is 24.1 Å². The van der Waals surface area contributed by atoms with Gasteiger partial charge in [0.1, 0.15) is 0 Å². The lowest BCUT2D eigenvalue weighted by molar-refractivity contribution is 0.139. The number of hydrogen-bond acceptors (Lipinski definition) is 1. The van der Waals surface area contributed by atoms with Crippen molar-refractivity contribution in [2.24, 2.45) is 5.41 Å². The van der Waals surface area contributed by atoms with Gasteiger partial charge in [0.05, 0.1) is 11.5 Å². The van der Waals surface area contributed by atoms with E-state index in [1.165, 1.54) is 0 Å². The van der Waals surface area contributed by atoms with Crippen molar-refractivity contribution < 1.29 is 5.11 Å². The predicted octanol–water partition coefficient (Wildman–Crippen LogP) is 1.75. The highest BCUT2D eigenvalue weighted by Gasteiger charge is 2.27. The minimum absolute atomic E-state index is 0.658. The normalized spacial score (nSPS) is 17.6. The molecule has 0 spiro atoms. The van der Waals surface area contributed by atoms with Crippen molar-refractivity contribution in [2.75, 3.05) is 0 Å². The fourth-order valence-electron chi connectivity index (χ4n) is 0.761. The van der Waals surface area contributed by atoms with Crippen LogP contribution in [0.1, 0.15) is 13.8 Å². The number of hydrogen-bond donors (Lipinski definition) is 1. The molecule has 0 aromatic carbocycles. The number of aliphatic hydroxyl groups is 1. The summed E-state index contributed by atoms with van der Waals surface area (Å²) < 4.78 is 0. The van der Waals surface area contributed by atoms with Gasteiger partial charge in [-0.15, -0.1) is 13.0 Å². The Morgan fingerprint density at radius 3 is 2.36 bits per heavy atom. The van der Waals surface area contributed by atoms with Crippen molar-refractivity contribution in [3.8, 4) is 12.3 Å². The molecule has 0 aromatic heterocycles. The van der Waals surface area contributed by atoms with Gasteiger partial charge in [-0.2, -0.15) is 0 Å². The van der Waals surface area contributed by atoms with Crippen molar-refractivity contribution in [2.45, 2.75) is 20.0 Å². The maximum absolute atomic E-state index is 9.53. The first-order valence-corrected chi connectivity index (χ1v) is 3.42. The molecule has 2 atom stereocenters. The van der Waals surface area contributed by atoms with Crippen LogP contribution in [0.3, 0.4) is 0 Å². The third-order valence-corrected chi connectivity index (χ3v) is 1.77. The molecular weight excluding hydrogens is 136 g/mol. The molecule has 0 amide bonds. The summed E-state index contributed by atoms with van der Waals surface area (Å²) in [5.41, 5.74) is -0.0309. The van der Waals surface area contributed by atoms with Crippen LogP contribution in [0.15, 0.2) is 24.8 Å². The largest absolute Gasteiger partial charge is 0.387 e. The van der Waals surface area contributed by atoms with Gasteiger partial charge >= 0.3 is 0 Å². The summed E-state index contributed by atoms with van der Waals surface area (Å²) in [6.07, 6.45) is 6.09. The van der Waals surface area contributed by atoms with E-state index in [9.17, 15) is 5.11 Å². The summed E-state index contributed by atoms with van der Waals surface area (Å²) in [7, 11) is 0. The van der Waals surface area contributed by atoms with E-state index in [1.807, 2.05) is 0 Å². The topological polar surface area (TPSA) is 20.2 Å². The number of terminal acetylenes is 1. The molecule has 0 rings (SSSR count). The first kappa shape index (κ1) is 10.0. The molecule has 0 aliphatic carbocycles. The summed E-state index contributed by atoms with van der Waals surface area (Å²) in [5, 5.41) is 9.53. The minimum Gasteiger partial charge on any atom is -0.387 e. The minimum atomic E-state index is -0.704. The Balaban J connectivity index is 4.67. The van der Waals surface area contributed by atoms with Crippen molar-refractivity contribution >= 4 is 0 Å². The predicted molar refractivity (Wildman–Crippen MR) is 48.0 cm³/mol. The summed E-state index contributed by atoms with van der Waals surface area (Å²) in [6.45, 7) is 10.7.